The highest BCUT2D eigenvalue weighted by atomic mass is 16.5. The number of benzene rings is 1. The second-order valence-electron chi connectivity index (χ2n) is 4.57. The van der Waals surface area contributed by atoms with Gasteiger partial charge in [-0.1, -0.05) is 30.3 Å². The van der Waals surface area contributed by atoms with Crippen molar-refractivity contribution in [3.63, 3.8) is 0 Å². The minimum atomic E-state index is -0.0941. The lowest BCUT2D eigenvalue weighted by Gasteiger charge is -2.15. The van der Waals surface area contributed by atoms with Gasteiger partial charge in [-0.15, -0.1) is 0 Å². The third-order valence-corrected chi connectivity index (χ3v) is 2.78. The maximum atomic E-state index is 11.9. The van der Waals surface area contributed by atoms with Crippen molar-refractivity contribution < 1.29 is 9.53 Å². The smallest absolute Gasteiger partial charge is 0.248 e. The number of nitrogens with one attached hydrogen (secondary N) is 1. The van der Waals surface area contributed by atoms with Gasteiger partial charge in [0.15, 0.2) is 5.82 Å². The number of ether oxygens (including phenoxy) is 1. The maximum Gasteiger partial charge on any atom is 0.248 e. The molecule has 0 atom stereocenters. The van der Waals surface area contributed by atoms with Crippen LogP contribution < -0.4 is 0 Å². The molecule has 0 aliphatic carbocycles. The van der Waals surface area contributed by atoms with Crippen LogP contribution in [-0.2, 0) is 22.7 Å². The summed E-state index contributed by atoms with van der Waals surface area (Å²) in [4.78, 5) is 17.6. The van der Waals surface area contributed by atoms with Gasteiger partial charge in [0.25, 0.3) is 0 Å². The molecule has 106 valence electrons. The molecule has 0 saturated carbocycles. The molecular weight excluding hydrogens is 256 g/mol. The summed E-state index contributed by atoms with van der Waals surface area (Å²) >= 11 is 0. The van der Waals surface area contributed by atoms with Crippen LogP contribution in [-0.4, -0.2) is 39.6 Å². The number of amides is 1. The molecular formula is C14H18N4O2. The summed E-state index contributed by atoms with van der Waals surface area (Å²) in [5.74, 6) is 1.24. The Hall–Kier alpha value is -2.21. The molecule has 1 N–H and O–H groups in total. The summed E-state index contributed by atoms with van der Waals surface area (Å²) < 4.78 is 5.41. The molecule has 0 saturated heterocycles. The number of H-pyrrole nitrogens is 1. The van der Waals surface area contributed by atoms with Gasteiger partial charge in [-0.2, -0.15) is 5.10 Å². The van der Waals surface area contributed by atoms with Crippen molar-refractivity contribution in [1.29, 1.82) is 0 Å². The van der Waals surface area contributed by atoms with E-state index in [0.29, 0.717) is 19.0 Å². The summed E-state index contributed by atoms with van der Waals surface area (Å²) in [6.07, 6.45) is 0. The van der Waals surface area contributed by atoms with Crippen LogP contribution in [0.5, 0.6) is 0 Å². The minimum Gasteiger partial charge on any atom is -0.367 e. The minimum absolute atomic E-state index is 0.0504. The molecule has 0 fully saturated rings. The average Bonchev–Trinajstić information content (AvgIpc) is 2.85. The normalized spacial score (nSPS) is 10.5. The highest BCUT2D eigenvalue weighted by molar-refractivity contribution is 5.77. The number of nitrogens with zero attached hydrogens (tertiary/aromatic N) is 3. The van der Waals surface area contributed by atoms with E-state index < -0.39 is 0 Å². The molecule has 0 unspecified atom stereocenters. The number of hydrogen-bond acceptors (Lipinski definition) is 4. The molecule has 20 heavy (non-hydrogen) atoms. The number of hydrogen-bond donors (Lipinski definition) is 1. The lowest BCUT2D eigenvalue weighted by Crippen LogP contribution is -2.30. The Morgan fingerprint density at radius 3 is 2.75 bits per heavy atom. The van der Waals surface area contributed by atoms with Crippen LogP contribution in [0.4, 0.5) is 0 Å². The van der Waals surface area contributed by atoms with Crippen LogP contribution in [0.3, 0.4) is 0 Å². The quantitative estimate of drug-likeness (QED) is 0.861. The van der Waals surface area contributed by atoms with Gasteiger partial charge in [-0.3, -0.25) is 9.89 Å². The average molecular weight is 274 g/mol. The summed E-state index contributed by atoms with van der Waals surface area (Å²) in [5, 5.41) is 6.74. The van der Waals surface area contributed by atoms with Crippen molar-refractivity contribution in [3.05, 3.63) is 47.5 Å². The van der Waals surface area contributed by atoms with E-state index in [4.69, 9.17) is 4.74 Å². The highest BCUT2D eigenvalue weighted by Gasteiger charge is 2.11. The summed E-state index contributed by atoms with van der Waals surface area (Å²) in [6, 6.07) is 9.76. The maximum absolute atomic E-state index is 11.9. The van der Waals surface area contributed by atoms with Gasteiger partial charge >= 0.3 is 0 Å². The molecule has 0 spiro atoms. The van der Waals surface area contributed by atoms with Gasteiger partial charge in [0.05, 0.1) is 13.2 Å². The molecule has 6 heteroatoms. The summed E-state index contributed by atoms with van der Waals surface area (Å²) in [5.41, 5.74) is 1.05. The molecule has 2 aromatic rings. The van der Waals surface area contributed by atoms with Crippen LogP contribution in [0, 0.1) is 6.92 Å². The van der Waals surface area contributed by atoms with Crippen molar-refractivity contribution in [3.8, 4) is 0 Å². The molecule has 2 rings (SSSR count). The van der Waals surface area contributed by atoms with Crippen molar-refractivity contribution in [1.82, 2.24) is 20.1 Å². The zero-order valence-corrected chi connectivity index (χ0v) is 11.7. The molecule has 1 aromatic carbocycles. The van der Waals surface area contributed by atoms with Crippen molar-refractivity contribution >= 4 is 5.91 Å². The van der Waals surface area contributed by atoms with Crippen LogP contribution >= 0.6 is 0 Å². The first-order valence-corrected chi connectivity index (χ1v) is 6.38. The van der Waals surface area contributed by atoms with Crippen molar-refractivity contribution in [2.24, 2.45) is 0 Å². The van der Waals surface area contributed by atoms with E-state index in [2.05, 4.69) is 15.2 Å². The number of aromatic amines is 1. The fourth-order valence-electron chi connectivity index (χ4n) is 1.70. The van der Waals surface area contributed by atoms with Gasteiger partial charge in [0.2, 0.25) is 5.91 Å². The van der Waals surface area contributed by atoms with E-state index in [1.165, 1.54) is 0 Å². The first-order chi connectivity index (χ1) is 9.65. The fourth-order valence-corrected chi connectivity index (χ4v) is 1.70. The lowest BCUT2D eigenvalue weighted by atomic mass is 10.2. The largest absolute Gasteiger partial charge is 0.367 e. The van der Waals surface area contributed by atoms with Crippen LogP contribution in [0.1, 0.15) is 17.2 Å². The second-order valence-corrected chi connectivity index (χ2v) is 4.57. The number of carbonyl (C=O) groups is 1. The van der Waals surface area contributed by atoms with E-state index in [1.807, 2.05) is 37.3 Å². The Labute approximate surface area is 117 Å². The first kappa shape index (κ1) is 14.2. The first-order valence-electron chi connectivity index (χ1n) is 6.38. The van der Waals surface area contributed by atoms with Gasteiger partial charge in [-0.05, 0) is 12.5 Å². The monoisotopic (exact) mass is 274 g/mol. The molecule has 0 bridgehead atoms. The summed E-state index contributed by atoms with van der Waals surface area (Å²) in [6.45, 7) is 2.67. The fraction of sp³-hybridized carbons (Fsp3) is 0.357. The zero-order valence-electron chi connectivity index (χ0n) is 11.7. The Morgan fingerprint density at radius 1 is 1.35 bits per heavy atom. The molecule has 0 radical (unpaired) electrons. The third kappa shape index (κ3) is 4.17. The Bertz CT molecular complexity index is 553. The van der Waals surface area contributed by atoms with E-state index in [0.717, 1.165) is 11.4 Å². The van der Waals surface area contributed by atoms with Crippen LogP contribution in [0.15, 0.2) is 30.3 Å². The van der Waals surface area contributed by atoms with E-state index >= 15 is 0 Å². The molecule has 1 aromatic heterocycles. The van der Waals surface area contributed by atoms with Crippen LogP contribution in [0.25, 0.3) is 0 Å². The highest BCUT2D eigenvalue weighted by Crippen LogP contribution is 2.02. The predicted octanol–water partition coefficient (Wildman–Crippen LogP) is 1.29. The number of aryl methyl sites for hydroxylation is 1. The Morgan fingerprint density at radius 2 is 2.10 bits per heavy atom. The van der Waals surface area contributed by atoms with Gasteiger partial charge < -0.3 is 9.64 Å². The van der Waals surface area contributed by atoms with E-state index in [9.17, 15) is 4.79 Å². The Balaban J connectivity index is 1.74. The van der Waals surface area contributed by atoms with Gasteiger partial charge in [0.1, 0.15) is 12.4 Å². The molecule has 1 heterocycles. The summed E-state index contributed by atoms with van der Waals surface area (Å²) in [7, 11) is 1.71. The number of aromatic nitrogens is 3. The van der Waals surface area contributed by atoms with Crippen LogP contribution in [0.2, 0.25) is 0 Å². The third-order valence-electron chi connectivity index (χ3n) is 2.78. The molecule has 1 amide bonds. The van der Waals surface area contributed by atoms with Crippen molar-refractivity contribution in [2.75, 3.05) is 13.7 Å². The zero-order chi connectivity index (χ0) is 14.4. The van der Waals surface area contributed by atoms with Gasteiger partial charge in [0, 0.05) is 7.05 Å². The number of rotatable bonds is 6. The topological polar surface area (TPSA) is 71.1 Å². The Kier molecular flexibility index (Phi) is 4.84. The van der Waals surface area contributed by atoms with Gasteiger partial charge in [-0.25, -0.2) is 4.98 Å². The standard InChI is InChI=1S/C14H18N4O2/c1-11-15-13(17-16-11)8-18(2)14(19)10-20-9-12-6-4-3-5-7-12/h3-7H,8-10H2,1-2H3,(H,15,16,17). The lowest BCUT2D eigenvalue weighted by molar-refractivity contribution is -0.135. The number of likely N-dealkylation sites (N-methyl/N-ethyl adjacent to an activating group) is 1. The molecule has 6 nitrogen and oxygen atoms in total. The molecule has 0 aliphatic heterocycles. The van der Waals surface area contributed by atoms with Crippen molar-refractivity contribution in [2.45, 2.75) is 20.1 Å². The molecule has 0 aliphatic rings. The SMILES string of the molecule is Cc1nc(CN(C)C(=O)COCc2ccccc2)n[nH]1. The predicted molar refractivity (Wildman–Crippen MR) is 73.7 cm³/mol. The second kappa shape index (κ2) is 6.81. The van der Waals surface area contributed by atoms with E-state index in [1.54, 1.807) is 11.9 Å². The number of carbonyl (C=O) groups excluding carboxylic acids is 1. The van der Waals surface area contributed by atoms with E-state index in [-0.39, 0.29) is 12.5 Å².